The zero-order chi connectivity index (χ0) is 16.4. The fourth-order valence-electron chi connectivity index (χ4n) is 2.04. The monoisotopic (exact) mass is 382 g/mol. The number of benzene rings is 1. The molecule has 0 fully saturated rings. The lowest BCUT2D eigenvalue weighted by molar-refractivity contribution is 0.100. The molecule has 7 heteroatoms. The van der Waals surface area contributed by atoms with Gasteiger partial charge >= 0.3 is 0 Å². The molecular weight excluding hydrogens is 368 g/mol. The summed E-state index contributed by atoms with van der Waals surface area (Å²) < 4.78 is 5.95. The number of amides is 2. The Kier molecular flexibility index (Phi) is 4.87. The van der Waals surface area contributed by atoms with Crippen molar-refractivity contribution in [1.82, 2.24) is 0 Å². The molecular formula is C15H15BrN2O3S. The number of anilines is 1. The fraction of sp³-hybridized carbons (Fsp3) is 0.200. The highest BCUT2D eigenvalue weighted by molar-refractivity contribution is 9.10. The summed E-state index contributed by atoms with van der Waals surface area (Å²) in [4.78, 5) is 25.0. The summed E-state index contributed by atoms with van der Waals surface area (Å²) in [6.07, 6.45) is 0. The average molecular weight is 383 g/mol. The van der Waals surface area contributed by atoms with Gasteiger partial charge in [-0.25, -0.2) is 0 Å². The number of ether oxygens (including phenoxy) is 1. The van der Waals surface area contributed by atoms with Crippen molar-refractivity contribution >= 4 is 44.1 Å². The summed E-state index contributed by atoms with van der Waals surface area (Å²) in [5.41, 5.74) is 6.92. The van der Waals surface area contributed by atoms with E-state index in [0.29, 0.717) is 21.9 Å². The minimum Gasteiger partial charge on any atom is -0.496 e. The lowest BCUT2D eigenvalue weighted by Gasteiger charge is -2.09. The van der Waals surface area contributed by atoms with Crippen molar-refractivity contribution in [2.24, 2.45) is 5.73 Å². The Morgan fingerprint density at radius 3 is 2.59 bits per heavy atom. The van der Waals surface area contributed by atoms with E-state index in [1.54, 1.807) is 25.1 Å². The number of hydrogen-bond donors (Lipinski definition) is 2. The molecule has 0 bridgehead atoms. The summed E-state index contributed by atoms with van der Waals surface area (Å²) in [5.74, 6) is -0.466. The Bertz CT molecular complexity index is 755. The van der Waals surface area contributed by atoms with Crippen LogP contribution in [0.15, 0.2) is 22.7 Å². The molecule has 1 heterocycles. The van der Waals surface area contributed by atoms with E-state index in [-0.39, 0.29) is 5.91 Å². The Morgan fingerprint density at radius 2 is 2.00 bits per heavy atom. The highest BCUT2D eigenvalue weighted by Crippen LogP contribution is 2.33. The van der Waals surface area contributed by atoms with Gasteiger partial charge < -0.3 is 15.8 Å². The van der Waals surface area contributed by atoms with Crippen LogP contribution in [0.3, 0.4) is 0 Å². The van der Waals surface area contributed by atoms with E-state index in [0.717, 1.165) is 14.9 Å². The first-order valence-electron chi connectivity index (χ1n) is 6.39. The summed E-state index contributed by atoms with van der Waals surface area (Å²) >= 11 is 4.65. The molecule has 2 aromatic rings. The van der Waals surface area contributed by atoms with E-state index < -0.39 is 5.91 Å². The number of halogens is 1. The predicted octanol–water partition coefficient (Wildman–Crippen LogP) is 3.49. The van der Waals surface area contributed by atoms with Crippen molar-refractivity contribution in [2.75, 3.05) is 12.4 Å². The molecule has 0 aliphatic heterocycles. The Hall–Kier alpha value is -1.86. The maximum atomic E-state index is 12.5. The van der Waals surface area contributed by atoms with Gasteiger partial charge in [-0.1, -0.05) is 15.9 Å². The number of primary amides is 1. The van der Waals surface area contributed by atoms with Gasteiger partial charge in [-0.3, -0.25) is 9.59 Å². The smallest absolute Gasteiger partial charge is 0.260 e. The molecule has 0 aliphatic rings. The lowest BCUT2D eigenvalue weighted by atomic mass is 10.1. The van der Waals surface area contributed by atoms with Gasteiger partial charge in [0.1, 0.15) is 10.8 Å². The first-order chi connectivity index (χ1) is 10.3. The van der Waals surface area contributed by atoms with Crippen molar-refractivity contribution in [3.05, 3.63) is 44.2 Å². The van der Waals surface area contributed by atoms with Crippen LogP contribution in [0.2, 0.25) is 0 Å². The lowest BCUT2D eigenvalue weighted by Crippen LogP contribution is -2.18. The molecule has 1 aromatic carbocycles. The van der Waals surface area contributed by atoms with Gasteiger partial charge in [-0.2, -0.15) is 0 Å². The number of aryl methyl sites for hydroxylation is 1. The largest absolute Gasteiger partial charge is 0.496 e. The van der Waals surface area contributed by atoms with Crippen LogP contribution in [0.4, 0.5) is 5.00 Å². The Balaban J connectivity index is 2.40. The summed E-state index contributed by atoms with van der Waals surface area (Å²) in [6.45, 7) is 3.68. The van der Waals surface area contributed by atoms with Gasteiger partial charge in [0.25, 0.3) is 11.8 Å². The molecule has 0 spiro atoms. The second-order valence-electron chi connectivity index (χ2n) is 4.65. The molecule has 116 valence electrons. The van der Waals surface area contributed by atoms with Gasteiger partial charge in [-0.15, -0.1) is 11.3 Å². The number of thiophene rings is 1. The first kappa shape index (κ1) is 16.5. The molecule has 2 rings (SSSR count). The zero-order valence-electron chi connectivity index (χ0n) is 12.3. The van der Waals surface area contributed by atoms with Crippen LogP contribution in [0.5, 0.6) is 5.75 Å². The number of rotatable bonds is 4. The predicted molar refractivity (Wildman–Crippen MR) is 91.0 cm³/mol. The van der Waals surface area contributed by atoms with Gasteiger partial charge in [-0.05, 0) is 37.6 Å². The second-order valence-corrected chi connectivity index (χ2v) is 6.79. The van der Waals surface area contributed by atoms with Crippen LogP contribution in [-0.4, -0.2) is 18.9 Å². The number of nitrogens with one attached hydrogen (secondary N) is 1. The molecule has 0 atom stereocenters. The van der Waals surface area contributed by atoms with Gasteiger partial charge in [0.05, 0.1) is 18.2 Å². The standard InChI is InChI=1S/C15H15BrN2O3S/c1-7-8(2)22-15(12(7)13(17)19)18-14(20)10-6-9(16)4-5-11(10)21-3/h4-6H,1-3H3,(H2,17,19)(H,18,20). The van der Waals surface area contributed by atoms with Crippen LogP contribution in [-0.2, 0) is 0 Å². The molecule has 2 amide bonds. The number of nitrogens with two attached hydrogens (primary N) is 1. The SMILES string of the molecule is COc1ccc(Br)cc1C(=O)Nc1sc(C)c(C)c1C(N)=O. The fourth-order valence-corrected chi connectivity index (χ4v) is 3.46. The van der Waals surface area contributed by atoms with Gasteiger partial charge in [0.15, 0.2) is 0 Å². The van der Waals surface area contributed by atoms with E-state index >= 15 is 0 Å². The topological polar surface area (TPSA) is 81.4 Å². The molecule has 0 saturated carbocycles. The average Bonchev–Trinajstić information content (AvgIpc) is 2.73. The summed E-state index contributed by atoms with van der Waals surface area (Å²) in [5, 5.41) is 3.20. The Labute approximate surface area is 140 Å². The molecule has 1 aromatic heterocycles. The van der Waals surface area contributed by atoms with E-state index in [9.17, 15) is 9.59 Å². The maximum absolute atomic E-state index is 12.5. The van der Waals surface area contributed by atoms with Crippen LogP contribution >= 0.6 is 27.3 Å². The van der Waals surface area contributed by atoms with Crippen LogP contribution in [0, 0.1) is 13.8 Å². The minimum atomic E-state index is -0.557. The van der Waals surface area contributed by atoms with Gasteiger partial charge in [0.2, 0.25) is 0 Å². The molecule has 0 saturated heterocycles. The number of carbonyl (C=O) groups is 2. The number of carbonyl (C=O) groups excluding carboxylic acids is 2. The normalized spacial score (nSPS) is 10.4. The van der Waals surface area contributed by atoms with E-state index in [2.05, 4.69) is 21.2 Å². The molecule has 0 unspecified atom stereocenters. The second kappa shape index (κ2) is 6.50. The van der Waals surface area contributed by atoms with Crippen molar-refractivity contribution < 1.29 is 14.3 Å². The van der Waals surface area contributed by atoms with Crippen molar-refractivity contribution in [2.45, 2.75) is 13.8 Å². The molecule has 22 heavy (non-hydrogen) atoms. The van der Waals surface area contributed by atoms with Crippen LogP contribution in [0.25, 0.3) is 0 Å². The molecule has 5 nitrogen and oxygen atoms in total. The number of methoxy groups -OCH3 is 1. The summed E-state index contributed by atoms with van der Waals surface area (Å²) in [7, 11) is 1.49. The molecule has 0 aliphatic carbocycles. The quantitative estimate of drug-likeness (QED) is 0.848. The van der Waals surface area contributed by atoms with Crippen LogP contribution < -0.4 is 15.8 Å². The third kappa shape index (κ3) is 3.15. The van der Waals surface area contributed by atoms with Crippen molar-refractivity contribution in [1.29, 1.82) is 0 Å². The first-order valence-corrected chi connectivity index (χ1v) is 8.00. The van der Waals surface area contributed by atoms with E-state index in [1.165, 1.54) is 18.4 Å². The van der Waals surface area contributed by atoms with Crippen molar-refractivity contribution in [3.8, 4) is 5.75 Å². The third-order valence-corrected chi connectivity index (χ3v) is 4.88. The van der Waals surface area contributed by atoms with Crippen LogP contribution in [0.1, 0.15) is 31.2 Å². The van der Waals surface area contributed by atoms with Crippen molar-refractivity contribution in [3.63, 3.8) is 0 Å². The van der Waals surface area contributed by atoms with Gasteiger partial charge in [0, 0.05) is 9.35 Å². The highest BCUT2D eigenvalue weighted by Gasteiger charge is 2.21. The Morgan fingerprint density at radius 1 is 1.32 bits per heavy atom. The maximum Gasteiger partial charge on any atom is 0.260 e. The highest BCUT2D eigenvalue weighted by atomic mass is 79.9. The van der Waals surface area contributed by atoms with E-state index in [4.69, 9.17) is 10.5 Å². The van der Waals surface area contributed by atoms with E-state index in [1.807, 2.05) is 6.92 Å². The number of hydrogen-bond acceptors (Lipinski definition) is 4. The molecule has 3 N–H and O–H groups in total. The zero-order valence-corrected chi connectivity index (χ0v) is 14.7. The summed E-state index contributed by atoms with van der Waals surface area (Å²) in [6, 6.07) is 5.13. The third-order valence-electron chi connectivity index (χ3n) is 3.26. The molecule has 0 radical (unpaired) electrons. The minimum absolute atomic E-state index is 0.352.